The summed E-state index contributed by atoms with van der Waals surface area (Å²) < 4.78 is 11.0. The first-order chi connectivity index (χ1) is 6.63. The minimum Gasteiger partial charge on any atom is -0.490 e. The third kappa shape index (κ3) is 2.83. The van der Waals surface area contributed by atoms with Crippen molar-refractivity contribution in [2.75, 3.05) is 12.3 Å². The van der Waals surface area contributed by atoms with Crippen molar-refractivity contribution < 1.29 is 9.47 Å². The molecule has 0 heterocycles. The van der Waals surface area contributed by atoms with Gasteiger partial charge in [-0.25, -0.2) is 0 Å². The van der Waals surface area contributed by atoms with Gasteiger partial charge in [0.15, 0.2) is 11.5 Å². The van der Waals surface area contributed by atoms with E-state index in [2.05, 4.69) is 0 Å². The summed E-state index contributed by atoms with van der Waals surface area (Å²) in [7, 11) is 0. The molecule has 0 aliphatic heterocycles. The zero-order valence-electron chi connectivity index (χ0n) is 8.91. The van der Waals surface area contributed by atoms with Gasteiger partial charge in [-0.2, -0.15) is 0 Å². The van der Waals surface area contributed by atoms with Gasteiger partial charge in [0.2, 0.25) is 0 Å². The van der Waals surface area contributed by atoms with Crippen LogP contribution in [-0.4, -0.2) is 12.7 Å². The van der Waals surface area contributed by atoms with Crippen molar-refractivity contribution >= 4 is 5.69 Å². The molecule has 3 nitrogen and oxygen atoms in total. The van der Waals surface area contributed by atoms with Gasteiger partial charge < -0.3 is 15.2 Å². The SMILES string of the molecule is CCOc1ccc(N)cc1OC(C)C. The molecule has 0 bridgehead atoms. The molecule has 0 radical (unpaired) electrons. The van der Waals surface area contributed by atoms with Crippen LogP contribution in [0.5, 0.6) is 11.5 Å². The summed E-state index contributed by atoms with van der Waals surface area (Å²) in [5, 5.41) is 0. The van der Waals surface area contributed by atoms with Gasteiger partial charge >= 0.3 is 0 Å². The smallest absolute Gasteiger partial charge is 0.163 e. The summed E-state index contributed by atoms with van der Waals surface area (Å²) in [6.45, 7) is 6.51. The van der Waals surface area contributed by atoms with Crippen LogP contribution in [0.3, 0.4) is 0 Å². The minimum atomic E-state index is 0.121. The van der Waals surface area contributed by atoms with Crippen molar-refractivity contribution in [1.29, 1.82) is 0 Å². The lowest BCUT2D eigenvalue weighted by Gasteiger charge is -2.14. The zero-order valence-corrected chi connectivity index (χ0v) is 8.91. The second kappa shape index (κ2) is 4.74. The summed E-state index contributed by atoms with van der Waals surface area (Å²) in [5.74, 6) is 1.46. The van der Waals surface area contributed by atoms with Crippen LogP contribution in [-0.2, 0) is 0 Å². The van der Waals surface area contributed by atoms with Crippen molar-refractivity contribution in [3.8, 4) is 11.5 Å². The maximum atomic E-state index is 5.66. The largest absolute Gasteiger partial charge is 0.490 e. The molecule has 0 saturated carbocycles. The summed E-state index contributed by atoms with van der Waals surface area (Å²) in [6, 6.07) is 5.42. The average molecular weight is 195 g/mol. The predicted molar refractivity (Wildman–Crippen MR) is 57.8 cm³/mol. The van der Waals surface area contributed by atoms with E-state index in [0.29, 0.717) is 18.0 Å². The molecule has 14 heavy (non-hydrogen) atoms. The van der Waals surface area contributed by atoms with Gasteiger partial charge in [-0.3, -0.25) is 0 Å². The van der Waals surface area contributed by atoms with E-state index in [9.17, 15) is 0 Å². The molecule has 3 heteroatoms. The molecule has 0 aliphatic rings. The van der Waals surface area contributed by atoms with E-state index in [0.717, 1.165) is 5.75 Å². The lowest BCUT2D eigenvalue weighted by atomic mass is 10.3. The Balaban J connectivity index is 2.90. The van der Waals surface area contributed by atoms with Crippen LogP contribution in [0, 0.1) is 0 Å². The number of anilines is 1. The van der Waals surface area contributed by atoms with Crippen molar-refractivity contribution in [3.63, 3.8) is 0 Å². The Hall–Kier alpha value is -1.38. The number of hydrogen-bond donors (Lipinski definition) is 1. The molecule has 0 aromatic heterocycles. The van der Waals surface area contributed by atoms with E-state index in [1.165, 1.54) is 0 Å². The molecule has 0 unspecified atom stereocenters. The van der Waals surface area contributed by atoms with Crippen LogP contribution in [0.25, 0.3) is 0 Å². The van der Waals surface area contributed by atoms with Gasteiger partial charge in [0, 0.05) is 11.8 Å². The van der Waals surface area contributed by atoms with Gasteiger partial charge in [0.1, 0.15) is 0 Å². The standard InChI is InChI=1S/C11H17NO2/c1-4-13-10-6-5-9(12)7-11(10)14-8(2)3/h5-8H,4,12H2,1-3H3. The highest BCUT2D eigenvalue weighted by molar-refractivity contribution is 5.52. The Labute approximate surface area is 84.8 Å². The lowest BCUT2D eigenvalue weighted by molar-refractivity contribution is 0.224. The maximum absolute atomic E-state index is 5.66. The zero-order chi connectivity index (χ0) is 10.6. The second-order valence-electron chi connectivity index (χ2n) is 3.31. The highest BCUT2D eigenvalue weighted by atomic mass is 16.5. The average Bonchev–Trinajstić information content (AvgIpc) is 2.09. The Morgan fingerprint density at radius 2 is 2.00 bits per heavy atom. The van der Waals surface area contributed by atoms with Crippen molar-refractivity contribution in [2.45, 2.75) is 26.9 Å². The van der Waals surface area contributed by atoms with Crippen molar-refractivity contribution in [2.24, 2.45) is 0 Å². The number of ether oxygens (including phenoxy) is 2. The van der Waals surface area contributed by atoms with Gasteiger partial charge in [-0.1, -0.05) is 0 Å². The number of rotatable bonds is 4. The minimum absolute atomic E-state index is 0.121. The summed E-state index contributed by atoms with van der Waals surface area (Å²) in [4.78, 5) is 0. The van der Waals surface area contributed by atoms with Crippen molar-refractivity contribution in [3.05, 3.63) is 18.2 Å². The third-order valence-electron chi connectivity index (χ3n) is 1.63. The molecule has 1 aromatic carbocycles. The molecule has 0 spiro atoms. The Bertz CT molecular complexity index is 297. The van der Waals surface area contributed by atoms with Gasteiger partial charge in [-0.15, -0.1) is 0 Å². The molecule has 2 N–H and O–H groups in total. The summed E-state index contributed by atoms with van der Waals surface area (Å²) in [6.07, 6.45) is 0.121. The molecule has 0 aliphatic carbocycles. The van der Waals surface area contributed by atoms with E-state index in [-0.39, 0.29) is 6.10 Å². The van der Waals surface area contributed by atoms with Gasteiger partial charge in [0.05, 0.1) is 12.7 Å². The summed E-state index contributed by atoms with van der Waals surface area (Å²) >= 11 is 0. The normalized spacial score (nSPS) is 10.3. The number of nitrogen functional groups attached to an aromatic ring is 1. The molecule has 0 fully saturated rings. The van der Waals surface area contributed by atoms with Crippen LogP contribution >= 0.6 is 0 Å². The Morgan fingerprint density at radius 3 is 2.57 bits per heavy atom. The Kier molecular flexibility index (Phi) is 3.63. The topological polar surface area (TPSA) is 44.5 Å². The first kappa shape index (κ1) is 10.7. The van der Waals surface area contributed by atoms with Crippen LogP contribution in [0.15, 0.2) is 18.2 Å². The van der Waals surface area contributed by atoms with E-state index >= 15 is 0 Å². The van der Waals surface area contributed by atoms with E-state index in [1.54, 1.807) is 12.1 Å². The van der Waals surface area contributed by atoms with Crippen LogP contribution < -0.4 is 15.2 Å². The molecule has 0 amide bonds. The fourth-order valence-electron chi connectivity index (χ4n) is 1.15. The highest BCUT2D eigenvalue weighted by Gasteiger charge is 2.06. The molecule has 0 saturated heterocycles. The molecule has 78 valence electrons. The van der Waals surface area contributed by atoms with Crippen molar-refractivity contribution in [1.82, 2.24) is 0 Å². The fraction of sp³-hybridized carbons (Fsp3) is 0.455. The predicted octanol–water partition coefficient (Wildman–Crippen LogP) is 2.45. The van der Waals surface area contributed by atoms with Crippen LogP contribution in [0.2, 0.25) is 0 Å². The van der Waals surface area contributed by atoms with E-state index in [1.807, 2.05) is 26.8 Å². The first-order valence-electron chi connectivity index (χ1n) is 4.82. The second-order valence-corrected chi connectivity index (χ2v) is 3.31. The lowest BCUT2D eigenvalue weighted by Crippen LogP contribution is -2.07. The van der Waals surface area contributed by atoms with Gasteiger partial charge in [-0.05, 0) is 32.9 Å². The number of hydrogen-bond acceptors (Lipinski definition) is 3. The molecule has 0 atom stereocenters. The quantitative estimate of drug-likeness (QED) is 0.750. The monoisotopic (exact) mass is 195 g/mol. The molecular formula is C11H17NO2. The molecule has 1 rings (SSSR count). The van der Waals surface area contributed by atoms with E-state index < -0.39 is 0 Å². The van der Waals surface area contributed by atoms with E-state index in [4.69, 9.17) is 15.2 Å². The third-order valence-corrected chi connectivity index (χ3v) is 1.63. The number of benzene rings is 1. The van der Waals surface area contributed by atoms with Gasteiger partial charge in [0.25, 0.3) is 0 Å². The summed E-state index contributed by atoms with van der Waals surface area (Å²) in [5.41, 5.74) is 6.35. The highest BCUT2D eigenvalue weighted by Crippen LogP contribution is 2.30. The fourth-order valence-corrected chi connectivity index (χ4v) is 1.15. The van der Waals surface area contributed by atoms with Crippen LogP contribution in [0.1, 0.15) is 20.8 Å². The molecular weight excluding hydrogens is 178 g/mol. The van der Waals surface area contributed by atoms with Crippen LogP contribution in [0.4, 0.5) is 5.69 Å². The Morgan fingerprint density at radius 1 is 1.29 bits per heavy atom. The first-order valence-corrected chi connectivity index (χ1v) is 4.82. The maximum Gasteiger partial charge on any atom is 0.163 e. The molecule has 1 aromatic rings. The number of nitrogens with two attached hydrogens (primary N) is 1.